The third-order valence-corrected chi connectivity index (χ3v) is 10.1. The van der Waals surface area contributed by atoms with Crippen LogP contribution in [0.25, 0.3) is 22.0 Å². The molecule has 2 heterocycles. The molecular weight excluding hydrogens is 717 g/mol. The number of hydrogen-bond acceptors (Lipinski definition) is 9. The zero-order valence-electron chi connectivity index (χ0n) is 32.2. The van der Waals surface area contributed by atoms with Gasteiger partial charge in [0.25, 0.3) is 11.8 Å². The van der Waals surface area contributed by atoms with E-state index in [1.54, 1.807) is 24.4 Å². The van der Waals surface area contributed by atoms with E-state index in [2.05, 4.69) is 25.2 Å². The fourth-order valence-corrected chi connectivity index (χ4v) is 7.05. The number of nitrogens with one attached hydrogen (secondary N) is 3. The normalized spacial score (nSPS) is 13.7. The van der Waals surface area contributed by atoms with Gasteiger partial charge in [0, 0.05) is 55.3 Å². The third kappa shape index (κ3) is 10.0. The number of nitrogens with zero attached hydrogens (tertiary/aromatic N) is 3. The lowest BCUT2D eigenvalue weighted by atomic mass is 9.86. The Morgan fingerprint density at radius 2 is 1.67 bits per heavy atom. The Labute approximate surface area is 322 Å². The molecule has 5 aromatic rings. The summed E-state index contributed by atoms with van der Waals surface area (Å²) in [4.78, 5) is 38.4. The van der Waals surface area contributed by atoms with Gasteiger partial charge in [-0.2, -0.15) is 0 Å². The highest BCUT2D eigenvalue weighted by Crippen LogP contribution is 2.39. The maximum absolute atomic E-state index is 13.7. The number of aryl methyl sites for hydroxylation is 1. The number of ether oxygens (including phenoxy) is 2. The van der Waals surface area contributed by atoms with Gasteiger partial charge in [0.05, 0.1) is 43.5 Å². The van der Waals surface area contributed by atoms with Crippen molar-refractivity contribution in [3.05, 3.63) is 113 Å². The van der Waals surface area contributed by atoms with Crippen LogP contribution in [0.3, 0.4) is 0 Å². The number of carbonyl (C=O) groups excluding carboxylic acids is 2. The van der Waals surface area contributed by atoms with Crippen molar-refractivity contribution in [2.45, 2.75) is 39.5 Å². The number of anilines is 2. The van der Waals surface area contributed by atoms with E-state index in [1.165, 1.54) is 7.11 Å². The fraction of sp³-hybridized carbons (Fsp3) is 0.333. The molecule has 0 atom stereocenters. The molecule has 0 radical (unpaired) electrons. The van der Waals surface area contributed by atoms with Crippen molar-refractivity contribution >= 4 is 44.1 Å². The molecule has 0 saturated carbocycles. The first-order valence-corrected chi connectivity index (χ1v) is 20.1. The average molecular weight is 765 g/mol. The molecule has 1 aliphatic rings. The van der Waals surface area contributed by atoms with Crippen molar-refractivity contribution in [1.29, 1.82) is 0 Å². The van der Waals surface area contributed by atoms with E-state index in [4.69, 9.17) is 14.5 Å². The Morgan fingerprint density at radius 3 is 2.40 bits per heavy atom. The van der Waals surface area contributed by atoms with Crippen LogP contribution < -0.4 is 20.1 Å². The third-order valence-electron chi connectivity index (χ3n) is 9.51. The van der Waals surface area contributed by atoms with Gasteiger partial charge in [-0.1, -0.05) is 45.0 Å². The first-order chi connectivity index (χ1) is 26.2. The molecule has 1 aliphatic heterocycles. The Bertz CT molecular complexity index is 2330. The van der Waals surface area contributed by atoms with Crippen molar-refractivity contribution in [3.63, 3.8) is 0 Å². The molecule has 0 spiro atoms. The molecule has 4 aromatic carbocycles. The molecule has 55 heavy (non-hydrogen) atoms. The first-order valence-electron chi connectivity index (χ1n) is 18.2. The second-order valence-corrected chi connectivity index (χ2v) is 16.6. The maximum atomic E-state index is 13.7. The number of amides is 2. The highest BCUT2D eigenvalue weighted by atomic mass is 32.2. The van der Waals surface area contributed by atoms with E-state index in [0.717, 1.165) is 77.8 Å². The number of morpholine rings is 1. The largest absolute Gasteiger partial charge is 0.492 e. The SMILES string of the molecule is COc1c(NC(=O)c2ccc(C)c(-c3ccc4nc(Cc5cccc(C(=O)NCCN6CCOCC6)c5)ncc4c3)c2)cc(C(C)(C)C)cc1NS(C)(=O)=O. The summed E-state index contributed by atoms with van der Waals surface area (Å²) in [5.74, 6) is 0.366. The number of hydrogen-bond donors (Lipinski definition) is 3. The lowest BCUT2D eigenvalue weighted by Gasteiger charge is -2.26. The maximum Gasteiger partial charge on any atom is 0.255 e. The van der Waals surface area contributed by atoms with Crippen LogP contribution in [0.2, 0.25) is 0 Å². The Morgan fingerprint density at radius 1 is 0.927 bits per heavy atom. The van der Waals surface area contributed by atoms with E-state index in [9.17, 15) is 18.0 Å². The molecule has 288 valence electrons. The first kappa shape index (κ1) is 39.3. The number of carbonyl (C=O) groups is 2. The van der Waals surface area contributed by atoms with Crippen LogP contribution in [0, 0.1) is 6.92 Å². The monoisotopic (exact) mass is 764 g/mol. The predicted molar refractivity (Wildman–Crippen MR) is 217 cm³/mol. The minimum Gasteiger partial charge on any atom is -0.492 e. The number of rotatable bonds is 12. The van der Waals surface area contributed by atoms with Crippen LogP contribution >= 0.6 is 0 Å². The summed E-state index contributed by atoms with van der Waals surface area (Å²) in [6.45, 7) is 12.6. The zero-order valence-corrected chi connectivity index (χ0v) is 33.0. The highest BCUT2D eigenvalue weighted by Gasteiger charge is 2.23. The molecule has 1 saturated heterocycles. The van der Waals surface area contributed by atoms with Crippen molar-refractivity contribution in [3.8, 4) is 16.9 Å². The van der Waals surface area contributed by atoms with Gasteiger partial charge < -0.3 is 20.1 Å². The average Bonchev–Trinajstić information content (AvgIpc) is 3.14. The van der Waals surface area contributed by atoms with Gasteiger partial charge in [-0.3, -0.25) is 19.2 Å². The van der Waals surface area contributed by atoms with Gasteiger partial charge in [-0.05, 0) is 88.7 Å². The molecule has 0 bridgehead atoms. The molecule has 2 amide bonds. The number of methoxy groups -OCH3 is 1. The molecule has 0 unspecified atom stereocenters. The van der Waals surface area contributed by atoms with Crippen LogP contribution in [0.15, 0.2) is 79.0 Å². The molecule has 1 fully saturated rings. The quantitative estimate of drug-likeness (QED) is 0.135. The Balaban J connectivity index is 1.18. The van der Waals surface area contributed by atoms with E-state index < -0.39 is 10.0 Å². The van der Waals surface area contributed by atoms with Gasteiger partial charge in [-0.15, -0.1) is 0 Å². The molecule has 3 N–H and O–H groups in total. The summed E-state index contributed by atoms with van der Waals surface area (Å²) in [6, 6.07) is 22.5. The number of benzene rings is 4. The number of aromatic nitrogens is 2. The molecule has 13 heteroatoms. The summed E-state index contributed by atoms with van der Waals surface area (Å²) in [7, 11) is -2.19. The van der Waals surface area contributed by atoms with Gasteiger partial charge in [-0.25, -0.2) is 18.4 Å². The van der Waals surface area contributed by atoms with E-state index in [0.29, 0.717) is 35.6 Å². The fourth-order valence-electron chi connectivity index (χ4n) is 6.50. The second kappa shape index (κ2) is 16.6. The minimum absolute atomic E-state index is 0.107. The Hall–Kier alpha value is -5.37. The van der Waals surface area contributed by atoms with Crippen molar-refractivity contribution in [2.75, 3.05) is 62.8 Å². The second-order valence-electron chi connectivity index (χ2n) is 14.9. The van der Waals surface area contributed by atoms with E-state index in [1.807, 2.05) is 82.3 Å². The summed E-state index contributed by atoms with van der Waals surface area (Å²) < 4.78 is 37.9. The standard InChI is InChI=1S/C42H48N6O6S/c1-27-10-11-31(41(50)46-36-24-33(42(2,3)4)25-37(39(36)53-5)47-55(6,51)52)23-34(27)29-12-13-35-32(22-29)26-44-38(45-35)21-28-8-7-9-30(20-28)40(49)43-14-15-48-16-18-54-19-17-48/h7-13,20,22-26,47H,14-19,21H2,1-6H3,(H,43,49)(H,46,50). The van der Waals surface area contributed by atoms with Crippen molar-refractivity contribution in [2.24, 2.45) is 0 Å². The van der Waals surface area contributed by atoms with Gasteiger partial charge in [0.1, 0.15) is 5.82 Å². The summed E-state index contributed by atoms with van der Waals surface area (Å²) in [5, 5.41) is 6.82. The van der Waals surface area contributed by atoms with Crippen LogP contribution in [0.4, 0.5) is 11.4 Å². The minimum atomic E-state index is -3.62. The number of fused-ring (bicyclic) bond motifs is 1. The summed E-state index contributed by atoms with van der Waals surface area (Å²) >= 11 is 0. The van der Waals surface area contributed by atoms with Crippen LogP contribution in [0.5, 0.6) is 5.75 Å². The van der Waals surface area contributed by atoms with Gasteiger partial charge >= 0.3 is 0 Å². The van der Waals surface area contributed by atoms with E-state index >= 15 is 0 Å². The van der Waals surface area contributed by atoms with Crippen LogP contribution in [-0.4, -0.2) is 87.9 Å². The zero-order chi connectivity index (χ0) is 39.3. The molecular formula is C42H48N6O6S. The van der Waals surface area contributed by atoms with Gasteiger partial charge in [0.2, 0.25) is 10.0 Å². The van der Waals surface area contributed by atoms with Crippen LogP contribution in [0.1, 0.15) is 64.0 Å². The molecule has 1 aromatic heterocycles. The topological polar surface area (TPSA) is 152 Å². The van der Waals surface area contributed by atoms with Gasteiger partial charge in [0.15, 0.2) is 5.75 Å². The smallest absolute Gasteiger partial charge is 0.255 e. The van der Waals surface area contributed by atoms with Crippen molar-refractivity contribution in [1.82, 2.24) is 20.2 Å². The Kier molecular flexibility index (Phi) is 11.8. The van der Waals surface area contributed by atoms with Crippen molar-refractivity contribution < 1.29 is 27.5 Å². The van der Waals surface area contributed by atoms with Crippen LogP contribution in [-0.2, 0) is 26.6 Å². The molecule has 6 rings (SSSR count). The molecule has 12 nitrogen and oxygen atoms in total. The van der Waals surface area contributed by atoms with E-state index in [-0.39, 0.29) is 28.7 Å². The lowest BCUT2D eigenvalue weighted by Crippen LogP contribution is -2.41. The summed E-state index contributed by atoms with van der Waals surface area (Å²) in [5.41, 5.74) is 6.54. The predicted octanol–water partition coefficient (Wildman–Crippen LogP) is 6.19. The lowest BCUT2D eigenvalue weighted by molar-refractivity contribution is 0.0383. The molecule has 0 aliphatic carbocycles. The summed E-state index contributed by atoms with van der Waals surface area (Å²) in [6.07, 6.45) is 3.34. The number of sulfonamides is 1. The highest BCUT2D eigenvalue weighted by molar-refractivity contribution is 7.92.